The second-order valence-corrected chi connectivity index (χ2v) is 6.69. The molecular formula is C15H22N6O4S. The lowest BCUT2D eigenvalue weighted by Crippen LogP contribution is -2.25. The average molecular weight is 382 g/mol. The Morgan fingerprint density at radius 3 is 2.69 bits per heavy atom. The minimum Gasteiger partial charge on any atom is -0.372 e. The van der Waals surface area contributed by atoms with Crippen molar-refractivity contribution in [2.24, 2.45) is 17.3 Å². The number of anilines is 1. The number of nitrogens with zero attached hydrogens (tertiary/aromatic N) is 6. The van der Waals surface area contributed by atoms with Gasteiger partial charge in [0.15, 0.2) is 0 Å². The lowest BCUT2D eigenvalue weighted by molar-refractivity contribution is 0.266. The molecule has 0 bridgehead atoms. The van der Waals surface area contributed by atoms with E-state index in [1.165, 1.54) is 0 Å². The average Bonchev–Trinajstić information content (AvgIpc) is 2.98. The first kappa shape index (κ1) is 19.9. The Morgan fingerprint density at radius 2 is 2.12 bits per heavy atom. The molecule has 1 N–H and O–H groups in total. The highest BCUT2D eigenvalue weighted by Gasteiger charge is 2.09. The van der Waals surface area contributed by atoms with Gasteiger partial charge in [0.2, 0.25) is 0 Å². The van der Waals surface area contributed by atoms with E-state index >= 15 is 0 Å². The van der Waals surface area contributed by atoms with Gasteiger partial charge < -0.3 is 9.47 Å². The Kier molecular flexibility index (Phi) is 6.77. The molecule has 0 saturated carbocycles. The quantitative estimate of drug-likeness (QED) is 0.402. The number of benzene rings is 1. The maximum Gasteiger partial charge on any atom is 0.397 e. The monoisotopic (exact) mass is 382 g/mol. The van der Waals surface area contributed by atoms with Gasteiger partial charge in [0.05, 0.1) is 12.3 Å². The van der Waals surface area contributed by atoms with Crippen LogP contribution in [0.15, 0.2) is 34.8 Å². The van der Waals surface area contributed by atoms with Gasteiger partial charge in [-0.2, -0.15) is 8.42 Å². The molecule has 1 aromatic carbocycles. The van der Waals surface area contributed by atoms with Crippen LogP contribution < -0.4 is 4.90 Å². The topological polar surface area (TPSA) is 122 Å². The van der Waals surface area contributed by atoms with Gasteiger partial charge in [0, 0.05) is 25.8 Å². The van der Waals surface area contributed by atoms with Crippen molar-refractivity contribution in [3.8, 4) is 0 Å². The molecule has 26 heavy (non-hydrogen) atoms. The van der Waals surface area contributed by atoms with E-state index in [2.05, 4.69) is 29.5 Å². The van der Waals surface area contributed by atoms with Crippen LogP contribution >= 0.6 is 0 Å². The van der Waals surface area contributed by atoms with Crippen molar-refractivity contribution in [3.05, 3.63) is 30.1 Å². The summed E-state index contributed by atoms with van der Waals surface area (Å²) >= 11 is 0. The number of hydrogen-bond donors (Lipinski definition) is 1. The van der Waals surface area contributed by atoms with Crippen molar-refractivity contribution in [1.29, 1.82) is 0 Å². The summed E-state index contributed by atoms with van der Waals surface area (Å²) in [5, 5.41) is 15.9. The molecule has 0 atom stereocenters. The maximum atomic E-state index is 10.6. The molecule has 0 radical (unpaired) electrons. The van der Waals surface area contributed by atoms with Crippen molar-refractivity contribution in [2.75, 3.05) is 24.6 Å². The number of aryl methyl sites for hydroxylation is 2. The van der Waals surface area contributed by atoms with Gasteiger partial charge in [-0.15, -0.1) is 20.4 Å². The highest BCUT2D eigenvalue weighted by molar-refractivity contribution is 7.80. The summed E-state index contributed by atoms with van der Waals surface area (Å²) in [5.41, 5.74) is 2.65. The van der Waals surface area contributed by atoms with E-state index in [0.717, 1.165) is 23.5 Å². The fourth-order valence-electron chi connectivity index (χ4n) is 2.30. The fourth-order valence-corrected chi connectivity index (χ4v) is 2.63. The van der Waals surface area contributed by atoms with E-state index in [1.807, 2.05) is 32.0 Å². The van der Waals surface area contributed by atoms with Crippen LogP contribution in [0.25, 0.3) is 0 Å². The molecule has 2 rings (SSSR count). The van der Waals surface area contributed by atoms with Crippen molar-refractivity contribution in [1.82, 2.24) is 14.8 Å². The van der Waals surface area contributed by atoms with Gasteiger partial charge in [-0.3, -0.25) is 4.55 Å². The largest absolute Gasteiger partial charge is 0.397 e. The van der Waals surface area contributed by atoms with E-state index in [0.29, 0.717) is 18.9 Å². The number of azo groups is 1. The molecule has 0 unspecified atom stereocenters. The van der Waals surface area contributed by atoms with Crippen molar-refractivity contribution < 1.29 is 17.2 Å². The first-order valence-electron chi connectivity index (χ1n) is 8.03. The van der Waals surface area contributed by atoms with Gasteiger partial charge in [-0.25, -0.2) is 4.18 Å². The van der Waals surface area contributed by atoms with E-state index in [-0.39, 0.29) is 6.61 Å². The zero-order valence-electron chi connectivity index (χ0n) is 14.9. The standard InChI is InChI=1S/C15H22N6O4S/c1-4-21(8-5-9-25-26(22,23)24)13-6-7-14(12(2)10-13)17-19-15-18-16-11-20(15)3/h6-7,10-11H,4-5,8-9H2,1-3H3,(H,22,23,24). The third-order valence-corrected chi connectivity index (χ3v) is 4.13. The second-order valence-electron chi connectivity index (χ2n) is 5.60. The van der Waals surface area contributed by atoms with Crippen LogP contribution in [-0.4, -0.2) is 47.4 Å². The van der Waals surface area contributed by atoms with Crippen LogP contribution in [0.3, 0.4) is 0 Å². The molecule has 142 valence electrons. The Balaban J connectivity index is 2.02. The minimum absolute atomic E-state index is 0.0711. The first-order chi connectivity index (χ1) is 12.3. The van der Waals surface area contributed by atoms with Crippen LogP contribution in [-0.2, 0) is 21.6 Å². The predicted molar refractivity (Wildman–Crippen MR) is 96.4 cm³/mol. The fraction of sp³-hybridized carbons (Fsp3) is 0.467. The highest BCUT2D eigenvalue weighted by Crippen LogP contribution is 2.26. The molecule has 0 fully saturated rings. The summed E-state index contributed by atoms with van der Waals surface area (Å²) in [4.78, 5) is 2.07. The number of hydrogen-bond acceptors (Lipinski definition) is 8. The lowest BCUT2D eigenvalue weighted by Gasteiger charge is -2.23. The third-order valence-electron chi connectivity index (χ3n) is 3.67. The summed E-state index contributed by atoms with van der Waals surface area (Å²) in [5.74, 6) is 0.419. The van der Waals surface area contributed by atoms with Crippen LogP contribution in [0.4, 0.5) is 17.3 Å². The van der Waals surface area contributed by atoms with Gasteiger partial charge in [0.1, 0.15) is 6.33 Å². The predicted octanol–water partition coefficient (Wildman–Crippen LogP) is 2.57. The molecule has 11 heteroatoms. The van der Waals surface area contributed by atoms with Crippen LogP contribution in [0.2, 0.25) is 0 Å². The van der Waals surface area contributed by atoms with E-state index in [4.69, 9.17) is 4.55 Å². The molecule has 0 aliphatic heterocycles. The Labute approximate surface area is 152 Å². The summed E-state index contributed by atoms with van der Waals surface area (Å²) in [7, 11) is -2.60. The normalized spacial score (nSPS) is 12.0. The Bertz CT molecular complexity index is 865. The van der Waals surface area contributed by atoms with Crippen LogP contribution in [0, 0.1) is 6.92 Å². The van der Waals surface area contributed by atoms with Gasteiger partial charge >= 0.3 is 10.4 Å². The van der Waals surface area contributed by atoms with Crippen molar-refractivity contribution in [3.63, 3.8) is 0 Å². The summed E-state index contributed by atoms with van der Waals surface area (Å²) in [6.45, 7) is 5.19. The molecule has 0 amide bonds. The highest BCUT2D eigenvalue weighted by atomic mass is 32.3. The molecule has 0 aliphatic carbocycles. The third kappa shape index (κ3) is 5.86. The Morgan fingerprint density at radius 1 is 1.35 bits per heavy atom. The summed E-state index contributed by atoms with van der Waals surface area (Å²) in [6, 6.07) is 5.77. The van der Waals surface area contributed by atoms with Gasteiger partial charge in [-0.1, -0.05) is 0 Å². The Hall–Kier alpha value is -2.37. The molecule has 0 spiro atoms. The molecule has 0 saturated heterocycles. The zero-order chi connectivity index (χ0) is 19.2. The van der Waals surface area contributed by atoms with Gasteiger partial charge in [0.25, 0.3) is 5.95 Å². The van der Waals surface area contributed by atoms with E-state index in [9.17, 15) is 8.42 Å². The van der Waals surface area contributed by atoms with Crippen LogP contribution in [0.5, 0.6) is 0 Å². The summed E-state index contributed by atoms with van der Waals surface area (Å²) in [6.07, 6.45) is 2.01. The zero-order valence-corrected chi connectivity index (χ0v) is 15.7. The molecule has 2 aromatic rings. The first-order valence-corrected chi connectivity index (χ1v) is 9.40. The maximum absolute atomic E-state index is 10.6. The summed E-state index contributed by atoms with van der Waals surface area (Å²) < 4.78 is 35.7. The lowest BCUT2D eigenvalue weighted by atomic mass is 10.1. The SMILES string of the molecule is CCN(CCCOS(=O)(=O)O)c1ccc(N=Nc2nncn2C)c(C)c1. The van der Waals surface area contributed by atoms with Crippen molar-refractivity contribution >= 4 is 27.7 Å². The minimum atomic E-state index is -4.39. The number of rotatable bonds is 9. The van der Waals surface area contributed by atoms with Crippen molar-refractivity contribution in [2.45, 2.75) is 20.3 Å². The molecule has 0 aliphatic rings. The number of aromatic nitrogens is 3. The van der Waals surface area contributed by atoms with Crippen LogP contribution in [0.1, 0.15) is 18.9 Å². The second kappa shape index (κ2) is 8.83. The van der Waals surface area contributed by atoms with Gasteiger partial charge in [-0.05, 0) is 44.0 Å². The van der Waals surface area contributed by atoms with E-state index in [1.54, 1.807) is 17.9 Å². The molecule has 1 heterocycles. The molecule has 1 aromatic heterocycles. The molecular weight excluding hydrogens is 360 g/mol. The van der Waals surface area contributed by atoms with E-state index < -0.39 is 10.4 Å². The smallest absolute Gasteiger partial charge is 0.372 e. The molecule has 10 nitrogen and oxygen atoms in total.